The number of alkyl carbamates (subject to hydrolysis) is 1. The van der Waals surface area contributed by atoms with Crippen LogP contribution in [-0.4, -0.2) is 25.6 Å². The summed E-state index contributed by atoms with van der Waals surface area (Å²) in [5.41, 5.74) is -0.417. The molecule has 0 aromatic carbocycles. The molecule has 11 heteroatoms. The Kier molecular flexibility index (Phi) is 18.5. The summed E-state index contributed by atoms with van der Waals surface area (Å²) < 4.78 is 36.2. The van der Waals surface area contributed by atoms with Gasteiger partial charge in [-0.05, 0) is 20.8 Å². The third-order valence-electron chi connectivity index (χ3n) is 0.886. The molecule has 0 fully saturated rings. The maximum Gasteiger partial charge on any atom is 1.00 e. The van der Waals surface area contributed by atoms with Gasteiger partial charge in [-0.3, -0.25) is 0 Å². The quantitative estimate of drug-likeness (QED) is 0.534. The van der Waals surface area contributed by atoms with Crippen molar-refractivity contribution >= 4 is 13.4 Å². The average molecular weight is 299 g/mol. The number of carbonyl (C=O) groups excluding carboxylic acids is 1. The molecular weight excluding hydrogens is 285 g/mol. The average Bonchev–Trinajstić information content (AvgIpc) is 2.19. The van der Waals surface area contributed by atoms with Gasteiger partial charge in [0.15, 0.2) is 0 Å². The van der Waals surface area contributed by atoms with Crippen molar-refractivity contribution in [2.45, 2.75) is 26.4 Å². The van der Waals surface area contributed by atoms with E-state index < -0.39 is 19.0 Å². The second-order valence-corrected chi connectivity index (χ2v) is 3.48. The summed E-state index contributed by atoms with van der Waals surface area (Å²) in [4.78, 5) is 17.7. The summed E-state index contributed by atoms with van der Waals surface area (Å²) in [6.45, 7) is 9.25. The van der Waals surface area contributed by atoms with Crippen molar-refractivity contribution in [3.8, 4) is 0 Å². The number of rotatable bonds is 4. The van der Waals surface area contributed by atoms with Crippen LogP contribution in [-0.2, 0) is 19.3 Å². The predicted molar refractivity (Wildman–Crippen MR) is 51.9 cm³/mol. The van der Waals surface area contributed by atoms with Gasteiger partial charge in [0.25, 0.3) is 0 Å². The van der Waals surface area contributed by atoms with Gasteiger partial charge in [-0.25, -0.2) is 4.79 Å². The van der Waals surface area contributed by atoms with Gasteiger partial charge in [0.1, 0.15) is 5.60 Å². The number of carbonyl (C=O) groups is 1. The van der Waals surface area contributed by atoms with Crippen molar-refractivity contribution < 1.29 is 89.1 Å². The van der Waals surface area contributed by atoms with Crippen molar-refractivity contribution in [1.82, 2.24) is 5.32 Å². The van der Waals surface area contributed by atoms with E-state index in [4.69, 9.17) is 4.74 Å². The zero-order chi connectivity index (χ0) is 13.9. The van der Waals surface area contributed by atoms with Crippen LogP contribution >= 0.6 is 0 Å². The van der Waals surface area contributed by atoms with Crippen molar-refractivity contribution in [2.75, 3.05) is 6.54 Å². The molecule has 6 nitrogen and oxygen atoms in total. The van der Waals surface area contributed by atoms with Crippen molar-refractivity contribution in [3.05, 3.63) is 6.92 Å². The van der Waals surface area contributed by atoms with E-state index >= 15 is 0 Å². The van der Waals surface area contributed by atoms with E-state index in [0.29, 0.717) is 6.54 Å². The first-order valence-electron chi connectivity index (χ1n) is 4.39. The van der Waals surface area contributed by atoms with Crippen LogP contribution in [0.1, 0.15) is 20.8 Å². The Morgan fingerprint density at radius 3 is 1.78 bits per heavy atom. The molecule has 0 aliphatic carbocycles. The van der Waals surface area contributed by atoms with E-state index in [-0.39, 0.29) is 51.4 Å². The fraction of sp³-hybridized carbons (Fsp3) is 0.714. The maximum absolute atomic E-state index is 10.7. The number of ether oxygens (including phenoxy) is 1. The van der Waals surface area contributed by atoms with Crippen LogP contribution in [0.3, 0.4) is 0 Å². The third kappa shape index (κ3) is 19.0. The van der Waals surface area contributed by atoms with E-state index in [2.05, 4.69) is 26.8 Å². The second-order valence-electron chi connectivity index (χ2n) is 3.48. The van der Waals surface area contributed by atoms with Gasteiger partial charge in [-0.1, -0.05) is 13.6 Å². The summed E-state index contributed by atoms with van der Waals surface area (Å²) in [7, 11) is -2.51. The molecule has 0 rings (SSSR count). The summed E-state index contributed by atoms with van der Waals surface area (Å²) >= 11 is 0. The molecule has 0 bridgehead atoms. The van der Waals surface area contributed by atoms with Crippen molar-refractivity contribution in [2.24, 2.45) is 0 Å². The van der Waals surface area contributed by atoms with Crippen LogP contribution in [0.25, 0.3) is 0 Å². The van der Waals surface area contributed by atoms with Crippen LogP contribution in [0, 0.1) is 6.92 Å². The van der Waals surface area contributed by atoms with E-state index in [1.54, 1.807) is 0 Å². The molecule has 0 saturated heterocycles. The Labute approximate surface area is 146 Å². The fourth-order valence-corrected chi connectivity index (χ4v) is 0.457. The third-order valence-corrected chi connectivity index (χ3v) is 0.886. The van der Waals surface area contributed by atoms with Gasteiger partial charge in [-0.2, -0.15) is 14.6 Å². The molecule has 1 amide bonds. The molecule has 0 radical (unpaired) electrons. The maximum atomic E-state index is 10.7. The molecule has 0 heterocycles. The summed E-state index contributed by atoms with van der Waals surface area (Å²) in [6, 6.07) is 0. The zero-order valence-electron chi connectivity index (χ0n) is 10.7. The monoisotopic (exact) mass is 299 g/mol. The first-order chi connectivity index (χ1) is 7.80. The molecule has 0 aromatic heterocycles. The minimum absolute atomic E-state index is 0. The Morgan fingerprint density at radius 1 is 1.22 bits per heavy atom. The number of halogens is 3. The van der Waals surface area contributed by atoms with Gasteiger partial charge in [0.05, 0.1) is 0 Å². The first kappa shape index (κ1) is 23.7. The molecule has 18 heavy (non-hydrogen) atoms. The topological polar surface area (TPSA) is 66.0 Å². The first-order valence-corrected chi connectivity index (χ1v) is 4.39. The van der Waals surface area contributed by atoms with Gasteiger partial charge >= 0.3 is 64.8 Å². The van der Waals surface area contributed by atoms with Gasteiger partial charge in [0.2, 0.25) is 0 Å². The summed E-state index contributed by atoms with van der Waals surface area (Å²) in [5.74, 6) is 0. The van der Waals surface area contributed by atoms with Crippen LogP contribution in [0.4, 0.5) is 18.4 Å². The minimum atomic E-state index is -2.51. The number of hydrogen-bond acceptors (Lipinski definition) is 5. The fourth-order valence-electron chi connectivity index (χ4n) is 0.457. The SMILES string of the molecule is FOB(OF)OF.[CH2-]CNC(=O)OC(C)(C)C.[K+]. The Balaban J connectivity index is -0.000000251. The molecule has 0 atom stereocenters. The van der Waals surface area contributed by atoms with E-state index in [1.165, 1.54) is 0 Å². The van der Waals surface area contributed by atoms with Gasteiger partial charge in [-0.15, -0.1) is 6.54 Å². The zero-order valence-corrected chi connectivity index (χ0v) is 13.8. The van der Waals surface area contributed by atoms with Crippen LogP contribution in [0.5, 0.6) is 0 Å². The Hall–Kier alpha value is 0.641. The molecule has 0 spiro atoms. The molecule has 0 aromatic rings. The molecule has 1 N–H and O–H groups in total. The molecule has 0 aliphatic rings. The molecule has 0 unspecified atom stereocenters. The normalized spacial score (nSPS) is 9.50. The second kappa shape index (κ2) is 14.1. The number of hydrogen-bond donors (Lipinski definition) is 1. The molecule has 0 saturated carbocycles. The Bertz CT molecular complexity index is 201. The number of nitrogens with one attached hydrogen (secondary N) is 1. The smallest absolute Gasteiger partial charge is 0.444 e. The van der Waals surface area contributed by atoms with E-state index in [0.717, 1.165) is 0 Å². The molecule has 102 valence electrons. The van der Waals surface area contributed by atoms with E-state index in [1.807, 2.05) is 20.8 Å². The van der Waals surface area contributed by atoms with E-state index in [9.17, 15) is 18.4 Å². The van der Waals surface area contributed by atoms with Crippen LogP contribution in [0.15, 0.2) is 0 Å². The van der Waals surface area contributed by atoms with Crippen molar-refractivity contribution in [3.63, 3.8) is 0 Å². The standard InChI is InChI=1S/C7H14NO2.BF3O3.K/c1-5-8-6(9)10-7(2,3)4;2-5-1(6-3)7-4;/h1,5H2,2-4H3,(H,8,9);;/q-1;;+1. The largest absolute Gasteiger partial charge is 1.00 e. The summed E-state index contributed by atoms with van der Waals surface area (Å²) in [5, 5.41) is 2.43. The predicted octanol–water partition coefficient (Wildman–Crippen LogP) is -0.976. The number of amides is 1. The van der Waals surface area contributed by atoms with Crippen LogP contribution in [0.2, 0.25) is 0 Å². The van der Waals surface area contributed by atoms with Crippen molar-refractivity contribution in [1.29, 1.82) is 0 Å². The van der Waals surface area contributed by atoms with Gasteiger partial charge in [0, 0.05) is 0 Å². The summed E-state index contributed by atoms with van der Waals surface area (Å²) in [6.07, 6.45) is -0.414. The van der Waals surface area contributed by atoms with Crippen LogP contribution < -0.4 is 56.7 Å². The molecule has 0 aliphatic heterocycles. The Morgan fingerprint density at radius 2 is 1.61 bits per heavy atom. The van der Waals surface area contributed by atoms with Gasteiger partial charge < -0.3 is 17.0 Å². The minimum Gasteiger partial charge on any atom is -0.444 e. The molecular formula is C7H14BF3KNO5.